The lowest BCUT2D eigenvalue weighted by Crippen LogP contribution is -2.25. The van der Waals surface area contributed by atoms with Crippen molar-refractivity contribution in [1.82, 2.24) is 0 Å². The van der Waals surface area contributed by atoms with Crippen molar-refractivity contribution in [2.45, 2.75) is 65.1 Å². The van der Waals surface area contributed by atoms with Gasteiger partial charge in [0.2, 0.25) is 0 Å². The molecular formula is C17H28O3. The molecule has 1 aromatic carbocycles. The van der Waals surface area contributed by atoms with Crippen LogP contribution in [0.15, 0.2) is 18.2 Å². The lowest BCUT2D eigenvalue weighted by molar-refractivity contribution is 0.0213. The van der Waals surface area contributed by atoms with E-state index in [0.29, 0.717) is 13.0 Å². The van der Waals surface area contributed by atoms with Crippen LogP contribution in [0.4, 0.5) is 0 Å². The molecule has 0 heterocycles. The largest absolute Gasteiger partial charge is 0.494 e. The van der Waals surface area contributed by atoms with Gasteiger partial charge in [0.1, 0.15) is 5.75 Å². The normalized spacial score (nSPS) is 15.7. The van der Waals surface area contributed by atoms with Gasteiger partial charge in [-0.05, 0) is 56.2 Å². The first-order valence-electron chi connectivity index (χ1n) is 7.65. The van der Waals surface area contributed by atoms with E-state index in [0.717, 1.165) is 24.2 Å². The monoisotopic (exact) mass is 280 g/mol. The number of aliphatic hydroxyl groups excluding tert-OH is 2. The van der Waals surface area contributed by atoms with Crippen molar-refractivity contribution in [2.24, 2.45) is 0 Å². The van der Waals surface area contributed by atoms with Gasteiger partial charge in [0.25, 0.3) is 0 Å². The molecule has 0 saturated carbocycles. The summed E-state index contributed by atoms with van der Waals surface area (Å²) in [4.78, 5) is 0. The van der Waals surface area contributed by atoms with E-state index >= 15 is 0 Å². The summed E-state index contributed by atoms with van der Waals surface area (Å²) in [6.45, 7) is 8.47. The summed E-state index contributed by atoms with van der Waals surface area (Å²) >= 11 is 0. The molecule has 0 aromatic heterocycles. The Bertz CT molecular complexity index is 401. The summed E-state index contributed by atoms with van der Waals surface area (Å²) < 4.78 is 5.72. The number of benzene rings is 1. The van der Waals surface area contributed by atoms with Crippen LogP contribution in [-0.2, 0) is 6.42 Å². The Labute approximate surface area is 122 Å². The highest BCUT2D eigenvalue weighted by Gasteiger charge is 2.21. The van der Waals surface area contributed by atoms with Crippen LogP contribution in [0.2, 0.25) is 0 Å². The van der Waals surface area contributed by atoms with Crippen LogP contribution in [0, 0.1) is 0 Å². The standard InChI is InChI=1S/C17H28O3/c1-5-13-8-9-17(20-7-3)15(10-13)14(6-2)11-16(19)12(4)18/h8-10,12,14,16,18-19H,5-7,11H2,1-4H3. The summed E-state index contributed by atoms with van der Waals surface area (Å²) in [7, 11) is 0. The first kappa shape index (κ1) is 17.0. The number of hydrogen-bond acceptors (Lipinski definition) is 3. The van der Waals surface area contributed by atoms with Crippen LogP contribution in [0.5, 0.6) is 5.75 Å². The van der Waals surface area contributed by atoms with Crippen LogP contribution in [0.3, 0.4) is 0 Å². The molecule has 3 nitrogen and oxygen atoms in total. The molecule has 0 bridgehead atoms. The van der Waals surface area contributed by atoms with Gasteiger partial charge in [0.05, 0.1) is 18.8 Å². The Morgan fingerprint density at radius 1 is 1.15 bits per heavy atom. The third kappa shape index (κ3) is 4.50. The van der Waals surface area contributed by atoms with E-state index in [1.54, 1.807) is 6.92 Å². The van der Waals surface area contributed by atoms with E-state index in [4.69, 9.17) is 4.74 Å². The van der Waals surface area contributed by atoms with Crippen molar-refractivity contribution < 1.29 is 14.9 Å². The van der Waals surface area contributed by atoms with Crippen molar-refractivity contribution >= 4 is 0 Å². The topological polar surface area (TPSA) is 49.7 Å². The summed E-state index contributed by atoms with van der Waals surface area (Å²) in [6, 6.07) is 6.29. The Balaban J connectivity index is 3.04. The Kier molecular flexibility index (Phi) is 7.03. The molecule has 3 heteroatoms. The van der Waals surface area contributed by atoms with E-state index in [1.807, 2.05) is 13.0 Å². The van der Waals surface area contributed by atoms with Crippen LogP contribution >= 0.6 is 0 Å². The fourth-order valence-electron chi connectivity index (χ4n) is 2.43. The quantitative estimate of drug-likeness (QED) is 0.768. The summed E-state index contributed by atoms with van der Waals surface area (Å²) in [5, 5.41) is 19.5. The van der Waals surface area contributed by atoms with Crippen LogP contribution < -0.4 is 4.74 Å². The first-order valence-corrected chi connectivity index (χ1v) is 7.65. The lowest BCUT2D eigenvalue weighted by atomic mass is 9.87. The fraction of sp³-hybridized carbons (Fsp3) is 0.647. The maximum atomic E-state index is 9.95. The molecule has 0 fully saturated rings. The van der Waals surface area contributed by atoms with Crippen molar-refractivity contribution in [3.8, 4) is 5.75 Å². The van der Waals surface area contributed by atoms with Crippen LogP contribution in [0.25, 0.3) is 0 Å². The first-order chi connectivity index (χ1) is 9.53. The maximum Gasteiger partial charge on any atom is 0.122 e. The molecule has 114 valence electrons. The van der Waals surface area contributed by atoms with E-state index in [-0.39, 0.29) is 5.92 Å². The number of hydrogen-bond donors (Lipinski definition) is 2. The predicted molar refractivity (Wildman–Crippen MR) is 82.3 cm³/mol. The maximum absolute atomic E-state index is 9.95. The number of rotatable bonds is 8. The minimum atomic E-state index is -0.700. The van der Waals surface area contributed by atoms with Crippen molar-refractivity contribution in [3.05, 3.63) is 29.3 Å². The van der Waals surface area contributed by atoms with E-state index in [1.165, 1.54) is 5.56 Å². The van der Waals surface area contributed by atoms with Crippen molar-refractivity contribution in [2.75, 3.05) is 6.61 Å². The number of aryl methyl sites for hydroxylation is 1. The van der Waals surface area contributed by atoms with Crippen molar-refractivity contribution in [3.63, 3.8) is 0 Å². The Hall–Kier alpha value is -1.06. The molecule has 0 aliphatic heterocycles. The zero-order chi connectivity index (χ0) is 15.1. The van der Waals surface area contributed by atoms with Gasteiger partial charge >= 0.3 is 0 Å². The smallest absolute Gasteiger partial charge is 0.122 e. The highest BCUT2D eigenvalue weighted by molar-refractivity contribution is 5.40. The third-order valence-electron chi connectivity index (χ3n) is 3.80. The molecule has 1 rings (SSSR count). The van der Waals surface area contributed by atoms with Gasteiger partial charge < -0.3 is 14.9 Å². The highest BCUT2D eigenvalue weighted by atomic mass is 16.5. The lowest BCUT2D eigenvalue weighted by Gasteiger charge is -2.23. The van der Waals surface area contributed by atoms with Crippen LogP contribution in [0.1, 0.15) is 57.6 Å². The second-order valence-corrected chi connectivity index (χ2v) is 5.31. The number of ether oxygens (including phenoxy) is 1. The zero-order valence-corrected chi connectivity index (χ0v) is 13.1. The molecule has 3 atom stereocenters. The van der Waals surface area contributed by atoms with Crippen LogP contribution in [-0.4, -0.2) is 29.0 Å². The molecule has 0 saturated heterocycles. The second-order valence-electron chi connectivity index (χ2n) is 5.31. The van der Waals surface area contributed by atoms with Gasteiger partial charge in [-0.15, -0.1) is 0 Å². The molecule has 2 N–H and O–H groups in total. The van der Waals surface area contributed by atoms with Gasteiger partial charge in [0.15, 0.2) is 0 Å². The average Bonchev–Trinajstić information content (AvgIpc) is 2.45. The third-order valence-corrected chi connectivity index (χ3v) is 3.80. The predicted octanol–water partition coefficient (Wildman–Crippen LogP) is 3.27. The number of aliphatic hydroxyl groups is 2. The molecule has 0 radical (unpaired) electrons. The summed E-state index contributed by atoms with van der Waals surface area (Å²) in [5.41, 5.74) is 2.42. The molecule has 0 aliphatic rings. The van der Waals surface area contributed by atoms with Crippen molar-refractivity contribution in [1.29, 1.82) is 0 Å². The van der Waals surface area contributed by atoms with Gasteiger partial charge in [-0.1, -0.05) is 26.0 Å². The van der Waals surface area contributed by atoms with Gasteiger partial charge in [-0.25, -0.2) is 0 Å². The van der Waals surface area contributed by atoms with Gasteiger partial charge in [-0.2, -0.15) is 0 Å². The Morgan fingerprint density at radius 2 is 1.85 bits per heavy atom. The van der Waals surface area contributed by atoms with E-state index < -0.39 is 12.2 Å². The van der Waals surface area contributed by atoms with E-state index in [9.17, 15) is 10.2 Å². The second kappa shape index (κ2) is 8.28. The fourth-order valence-corrected chi connectivity index (χ4v) is 2.43. The zero-order valence-electron chi connectivity index (χ0n) is 13.1. The molecule has 0 spiro atoms. The minimum absolute atomic E-state index is 0.202. The molecule has 0 aliphatic carbocycles. The summed E-state index contributed by atoms with van der Waals surface area (Å²) in [6.07, 6.45) is 1.06. The van der Waals surface area contributed by atoms with E-state index in [2.05, 4.69) is 26.0 Å². The molecule has 0 amide bonds. The highest BCUT2D eigenvalue weighted by Crippen LogP contribution is 2.34. The molecular weight excluding hydrogens is 252 g/mol. The Morgan fingerprint density at radius 3 is 2.35 bits per heavy atom. The SMILES string of the molecule is CCOc1ccc(CC)cc1C(CC)CC(O)C(C)O. The minimum Gasteiger partial charge on any atom is -0.494 e. The van der Waals surface area contributed by atoms with Gasteiger partial charge in [0, 0.05) is 0 Å². The summed E-state index contributed by atoms with van der Waals surface area (Å²) in [5.74, 6) is 1.10. The molecule has 3 unspecified atom stereocenters. The molecule has 20 heavy (non-hydrogen) atoms. The molecule has 1 aromatic rings. The van der Waals surface area contributed by atoms with Gasteiger partial charge in [-0.3, -0.25) is 0 Å². The average molecular weight is 280 g/mol.